The summed E-state index contributed by atoms with van der Waals surface area (Å²) in [7, 11) is 1.63. The fraction of sp³-hybridized carbons (Fsp3) is 0.0435. The molecule has 0 atom stereocenters. The van der Waals surface area contributed by atoms with E-state index in [2.05, 4.69) is 0 Å². The number of carbonyl (C=O) groups is 1. The van der Waals surface area contributed by atoms with Crippen LogP contribution < -0.4 is 4.74 Å². The van der Waals surface area contributed by atoms with Crippen LogP contribution >= 0.6 is 11.3 Å². The number of allylic oxidation sites excluding steroid dienone is 1. The number of thiazole rings is 1. The molecule has 0 radical (unpaired) electrons. The number of ether oxygens (including phenoxy) is 1. The van der Waals surface area contributed by atoms with Gasteiger partial charge in [-0.3, -0.25) is 4.79 Å². The van der Waals surface area contributed by atoms with Crippen molar-refractivity contribution < 1.29 is 9.53 Å². The smallest absolute Gasteiger partial charge is 0.196 e. The van der Waals surface area contributed by atoms with Crippen molar-refractivity contribution in [1.82, 2.24) is 4.98 Å². The van der Waals surface area contributed by atoms with Gasteiger partial charge in [-0.15, -0.1) is 11.3 Å². The average Bonchev–Trinajstić information content (AvgIpc) is 3.16. The number of hydrogen-bond acceptors (Lipinski definition) is 4. The molecule has 0 spiro atoms. The third-order valence-electron chi connectivity index (χ3n) is 4.21. The molecule has 3 aromatic carbocycles. The van der Waals surface area contributed by atoms with Crippen LogP contribution in [0.2, 0.25) is 0 Å². The van der Waals surface area contributed by atoms with Crippen LogP contribution in [0.4, 0.5) is 0 Å². The number of fused-ring (bicyclic) bond motifs is 1. The van der Waals surface area contributed by atoms with Crippen LogP contribution in [-0.4, -0.2) is 17.9 Å². The zero-order chi connectivity index (χ0) is 18.6. The van der Waals surface area contributed by atoms with E-state index in [0.29, 0.717) is 16.1 Å². The number of hydrogen-bond donors (Lipinski definition) is 0. The molecular formula is C23H17NO2S. The molecule has 4 aromatic rings. The number of rotatable bonds is 5. The first kappa shape index (κ1) is 17.2. The van der Waals surface area contributed by atoms with Crippen LogP contribution in [0.15, 0.2) is 78.9 Å². The van der Waals surface area contributed by atoms with Gasteiger partial charge in [-0.25, -0.2) is 4.98 Å². The second kappa shape index (κ2) is 7.56. The van der Waals surface area contributed by atoms with Gasteiger partial charge in [0.1, 0.15) is 10.8 Å². The van der Waals surface area contributed by atoms with Crippen molar-refractivity contribution in [2.45, 2.75) is 0 Å². The Kier molecular flexibility index (Phi) is 4.81. The van der Waals surface area contributed by atoms with E-state index in [1.165, 1.54) is 11.3 Å². The minimum absolute atomic E-state index is 0.0440. The predicted octanol–water partition coefficient (Wildman–Crippen LogP) is 5.73. The Balaban J connectivity index is 1.86. The normalized spacial score (nSPS) is 11.5. The van der Waals surface area contributed by atoms with Gasteiger partial charge in [0, 0.05) is 5.56 Å². The summed E-state index contributed by atoms with van der Waals surface area (Å²) in [5, 5.41) is 0.716. The number of Topliss-reactive ketones (excluding diaryl/α,β-unsaturated/α-hetero) is 1. The number of para-hydroxylation sites is 1. The number of ketones is 1. The van der Waals surface area contributed by atoms with E-state index in [-0.39, 0.29) is 5.78 Å². The molecule has 0 unspecified atom stereocenters. The highest BCUT2D eigenvalue weighted by Gasteiger charge is 2.18. The van der Waals surface area contributed by atoms with Gasteiger partial charge in [-0.1, -0.05) is 54.6 Å². The standard InChI is InChI=1S/C23H17NO2S/c1-26-18-11-7-8-16(14-18)15-19(22(25)17-9-3-2-4-10-17)23-24-20-12-5-6-13-21(20)27-23/h2-15H,1H3. The van der Waals surface area contributed by atoms with Crippen LogP contribution in [0.25, 0.3) is 21.9 Å². The average molecular weight is 371 g/mol. The number of aromatic nitrogens is 1. The molecule has 4 heteroatoms. The van der Waals surface area contributed by atoms with Crippen molar-refractivity contribution in [3.63, 3.8) is 0 Å². The van der Waals surface area contributed by atoms with Crippen molar-refractivity contribution in [2.75, 3.05) is 7.11 Å². The molecule has 132 valence electrons. The SMILES string of the molecule is COc1cccc(C=C(C(=O)c2ccccc2)c2nc3ccccc3s2)c1. The minimum atomic E-state index is -0.0440. The third-order valence-corrected chi connectivity index (χ3v) is 5.28. The highest BCUT2D eigenvalue weighted by atomic mass is 32.1. The van der Waals surface area contributed by atoms with Crippen LogP contribution in [0.5, 0.6) is 5.75 Å². The van der Waals surface area contributed by atoms with E-state index in [0.717, 1.165) is 21.5 Å². The highest BCUT2D eigenvalue weighted by Crippen LogP contribution is 2.31. The van der Waals surface area contributed by atoms with Gasteiger partial charge in [0.15, 0.2) is 5.78 Å². The third kappa shape index (κ3) is 3.66. The Hall–Kier alpha value is -3.24. The number of benzene rings is 3. The lowest BCUT2D eigenvalue weighted by molar-refractivity contribution is 0.105. The molecule has 0 amide bonds. The second-order valence-electron chi connectivity index (χ2n) is 6.02. The minimum Gasteiger partial charge on any atom is -0.497 e. The van der Waals surface area contributed by atoms with Crippen LogP contribution in [0.1, 0.15) is 20.9 Å². The molecule has 4 rings (SSSR count). The lowest BCUT2D eigenvalue weighted by Gasteiger charge is -2.06. The quantitative estimate of drug-likeness (QED) is 0.332. The summed E-state index contributed by atoms with van der Waals surface area (Å²) >= 11 is 1.53. The van der Waals surface area contributed by atoms with Crippen molar-refractivity contribution in [1.29, 1.82) is 0 Å². The molecule has 0 aliphatic carbocycles. The van der Waals surface area contributed by atoms with E-state index >= 15 is 0 Å². The Morgan fingerprint density at radius 1 is 0.963 bits per heavy atom. The summed E-state index contributed by atoms with van der Waals surface area (Å²) in [6, 6.07) is 24.9. The van der Waals surface area contributed by atoms with E-state index in [1.54, 1.807) is 7.11 Å². The van der Waals surface area contributed by atoms with Gasteiger partial charge in [0.2, 0.25) is 0 Å². The summed E-state index contributed by atoms with van der Waals surface area (Å²) in [4.78, 5) is 17.9. The van der Waals surface area contributed by atoms with Crippen LogP contribution in [0.3, 0.4) is 0 Å². The topological polar surface area (TPSA) is 39.2 Å². The summed E-state index contributed by atoms with van der Waals surface area (Å²) < 4.78 is 6.37. The fourth-order valence-corrected chi connectivity index (χ4v) is 3.83. The van der Waals surface area contributed by atoms with E-state index in [4.69, 9.17) is 9.72 Å². The highest BCUT2D eigenvalue weighted by molar-refractivity contribution is 7.20. The molecule has 0 bridgehead atoms. The molecule has 27 heavy (non-hydrogen) atoms. The maximum atomic E-state index is 13.2. The van der Waals surface area contributed by atoms with Crippen LogP contribution in [0, 0.1) is 0 Å². The molecule has 1 heterocycles. The molecule has 0 fully saturated rings. The second-order valence-corrected chi connectivity index (χ2v) is 7.05. The van der Waals surface area contributed by atoms with Gasteiger partial charge in [0.05, 0.1) is 22.9 Å². The molecule has 1 aromatic heterocycles. The summed E-state index contributed by atoms with van der Waals surface area (Å²) in [5.41, 5.74) is 3.02. The number of carbonyl (C=O) groups excluding carboxylic acids is 1. The molecule has 3 nitrogen and oxygen atoms in total. The van der Waals surface area contributed by atoms with Gasteiger partial charge >= 0.3 is 0 Å². The van der Waals surface area contributed by atoms with Crippen molar-refractivity contribution >= 4 is 39.0 Å². The first-order valence-electron chi connectivity index (χ1n) is 8.56. The van der Waals surface area contributed by atoms with Crippen molar-refractivity contribution in [3.8, 4) is 5.75 Å². The van der Waals surface area contributed by atoms with Crippen molar-refractivity contribution in [3.05, 3.63) is 95.0 Å². The molecule has 0 aliphatic rings. The number of methoxy groups -OCH3 is 1. The van der Waals surface area contributed by atoms with Gasteiger partial charge in [0.25, 0.3) is 0 Å². The Bertz CT molecular complexity index is 1100. The zero-order valence-corrected chi connectivity index (χ0v) is 15.6. The Morgan fingerprint density at radius 2 is 1.74 bits per heavy atom. The number of nitrogens with zero attached hydrogens (tertiary/aromatic N) is 1. The first-order valence-corrected chi connectivity index (χ1v) is 9.38. The lowest BCUT2D eigenvalue weighted by Crippen LogP contribution is -2.02. The maximum absolute atomic E-state index is 13.2. The Labute approximate surface area is 161 Å². The van der Waals surface area contributed by atoms with Crippen molar-refractivity contribution in [2.24, 2.45) is 0 Å². The molecule has 0 saturated heterocycles. The zero-order valence-electron chi connectivity index (χ0n) is 14.8. The molecule has 0 aliphatic heterocycles. The van der Waals surface area contributed by atoms with Gasteiger partial charge < -0.3 is 4.74 Å². The largest absolute Gasteiger partial charge is 0.497 e. The van der Waals surface area contributed by atoms with Gasteiger partial charge in [-0.05, 0) is 35.9 Å². The predicted molar refractivity (Wildman–Crippen MR) is 111 cm³/mol. The Morgan fingerprint density at radius 3 is 2.52 bits per heavy atom. The molecular weight excluding hydrogens is 354 g/mol. The maximum Gasteiger partial charge on any atom is 0.196 e. The van der Waals surface area contributed by atoms with Crippen LogP contribution in [-0.2, 0) is 0 Å². The fourth-order valence-electron chi connectivity index (χ4n) is 2.85. The monoisotopic (exact) mass is 371 g/mol. The molecule has 0 N–H and O–H groups in total. The van der Waals surface area contributed by atoms with E-state index in [1.807, 2.05) is 84.9 Å². The molecule has 0 saturated carbocycles. The van der Waals surface area contributed by atoms with Gasteiger partial charge in [-0.2, -0.15) is 0 Å². The van der Waals surface area contributed by atoms with E-state index < -0.39 is 0 Å². The summed E-state index contributed by atoms with van der Waals surface area (Å²) in [6.45, 7) is 0. The first-order chi connectivity index (χ1) is 13.2. The summed E-state index contributed by atoms with van der Waals surface area (Å²) in [6.07, 6.45) is 1.88. The van der Waals surface area contributed by atoms with E-state index in [9.17, 15) is 4.79 Å². The lowest BCUT2D eigenvalue weighted by atomic mass is 10.0. The summed E-state index contributed by atoms with van der Waals surface area (Å²) in [5.74, 6) is 0.706.